The van der Waals surface area contributed by atoms with E-state index in [0.29, 0.717) is 5.92 Å². The van der Waals surface area contributed by atoms with Crippen molar-refractivity contribution >= 4 is 0 Å². The quantitative estimate of drug-likeness (QED) is 0.800. The molecule has 2 aromatic rings. The Kier molecular flexibility index (Phi) is 3.34. The second-order valence-corrected chi connectivity index (χ2v) is 6.71. The van der Waals surface area contributed by atoms with Gasteiger partial charge in [0.25, 0.3) is 0 Å². The van der Waals surface area contributed by atoms with Gasteiger partial charge in [0.1, 0.15) is 0 Å². The van der Waals surface area contributed by atoms with Crippen LogP contribution in [-0.2, 0) is 16.6 Å². The summed E-state index contributed by atoms with van der Waals surface area (Å²) >= 11 is 0. The summed E-state index contributed by atoms with van der Waals surface area (Å²) in [5, 5.41) is 0. The van der Waals surface area contributed by atoms with Crippen LogP contribution in [0, 0.1) is 6.42 Å². The number of fused-ring (bicyclic) bond motifs is 5. The highest BCUT2D eigenvalue weighted by Gasteiger charge is 2.47. The summed E-state index contributed by atoms with van der Waals surface area (Å²) in [5.41, 5.74) is 5.69. The molecule has 1 radical (unpaired) electrons. The van der Waals surface area contributed by atoms with Crippen LogP contribution in [0.4, 0.5) is 0 Å². The lowest BCUT2D eigenvalue weighted by molar-refractivity contribution is 0.0521. The van der Waals surface area contributed by atoms with Crippen molar-refractivity contribution in [3.05, 3.63) is 77.2 Å². The molecule has 4 bridgehead atoms. The molecule has 0 aromatic heterocycles. The minimum atomic E-state index is 0.0552. The van der Waals surface area contributed by atoms with E-state index in [-0.39, 0.29) is 11.5 Å². The van der Waals surface area contributed by atoms with Gasteiger partial charge in [0.15, 0.2) is 0 Å². The average Bonchev–Trinajstić information content (AvgIpc) is 2.98. The monoisotopic (exact) mass is 291 g/mol. The van der Waals surface area contributed by atoms with Gasteiger partial charge in [-0.05, 0) is 41.5 Å². The SMILES string of the molecule is CCC(OC)C1c2ccc(cc2)[CH]C12CCc1ccc2cc1. The van der Waals surface area contributed by atoms with E-state index in [1.807, 2.05) is 7.11 Å². The number of aryl methyl sites for hydroxylation is 1. The van der Waals surface area contributed by atoms with E-state index in [4.69, 9.17) is 4.74 Å². The second kappa shape index (κ2) is 5.24. The lowest BCUT2D eigenvalue weighted by Gasteiger charge is -2.43. The summed E-state index contributed by atoms with van der Waals surface area (Å²) in [6.07, 6.45) is 6.09. The van der Waals surface area contributed by atoms with Crippen molar-refractivity contribution in [1.29, 1.82) is 0 Å². The van der Waals surface area contributed by atoms with Gasteiger partial charge in [-0.25, -0.2) is 0 Å². The zero-order valence-electron chi connectivity index (χ0n) is 13.4. The van der Waals surface area contributed by atoms with Gasteiger partial charge in [-0.3, -0.25) is 0 Å². The Hall–Kier alpha value is -1.60. The number of rotatable bonds is 3. The Morgan fingerprint density at radius 3 is 2.45 bits per heavy atom. The number of benzene rings is 2. The molecular formula is C21H23O. The first-order chi connectivity index (χ1) is 10.8. The number of hydrogen-bond acceptors (Lipinski definition) is 1. The zero-order valence-corrected chi connectivity index (χ0v) is 13.4. The number of ether oxygens (including phenoxy) is 1. The van der Waals surface area contributed by atoms with E-state index in [1.165, 1.54) is 28.7 Å². The average molecular weight is 291 g/mol. The normalized spacial score (nSPS) is 26.9. The van der Waals surface area contributed by atoms with E-state index in [0.717, 1.165) is 12.8 Å². The van der Waals surface area contributed by atoms with Crippen molar-refractivity contribution in [2.45, 2.75) is 43.6 Å². The van der Waals surface area contributed by atoms with Gasteiger partial charge < -0.3 is 4.74 Å². The summed E-state index contributed by atoms with van der Waals surface area (Å²) in [6.45, 7) is 2.24. The fourth-order valence-electron chi connectivity index (χ4n) is 4.54. The third kappa shape index (κ3) is 1.95. The Morgan fingerprint density at radius 1 is 1.09 bits per heavy atom. The maximum Gasteiger partial charge on any atom is 0.0646 e. The number of hydrogen-bond donors (Lipinski definition) is 0. The first kappa shape index (κ1) is 14.0. The Bertz CT molecular complexity index is 651. The van der Waals surface area contributed by atoms with Crippen LogP contribution in [0.1, 0.15) is 47.9 Å². The molecule has 22 heavy (non-hydrogen) atoms. The van der Waals surface area contributed by atoms with Gasteiger partial charge in [0.05, 0.1) is 6.10 Å². The molecule has 0 N–H and O–H groups in total. The molecule has 113 valence electrons. The Morgan fingerprint density at radius 2 is 1.82 bits per heavy atom. The van der Waals surface area contributed by atoms with E-state index >= 15 is 0 Å². The van der Waals surface area contributed by atoms with Crippen LogP contribution < -0.4 is 0 Å². The van der Waals surface area contributed by atoms with E-state index in [9.17, 15) is 0 Å². The largest absolute Gasteiger partial charge is 0.381 e. The number of methoxy groups -OCH3 is 1. The molecule has 0 heterocycles. The standard InChI is InChI=1S/C21H23O/c1-3-19(22-2)20-17-8-4-16(5-9-17)14-21(20)13-12-15-6-10-18(21)11-7-15/h4-11,14,19-20H,3,12-13H2,1-2H3. The van der Waals surface area contributed by atoms with Crippen molar-refractivity contribution < 1.29 is 4.74 Å². The Labute approximate surface area is 133 Å². The van der Waals surface area contributed by atoms with Crippen LogP contribution in [0.15, 0.2) is 48.5 Å². The Balaban J connectivity index is 1.91. The first-order valence-corrected chi connectivity index (χ1v) is 8.35. The van der Waals surface area contributed by atoms with E-state index in [2.05, 4.69) is 61.9 Å². The summed E-state index contributed by atoms with van der Waals surface area (Å²) in [6, 6.07) is 18.4. The minimum Gasteiger partial charge on any atom is -0.381 e. The van der Waals surface area contributed by atoms with Crippen LogP contribution >= 0.6 is 0 Å². The highest BCUT2D eigenvalue weighted by atomic mass is 16.5. The molecule has 0 amide bonds. The topological polar surface area (TPSA) is 9.23 Å². The van der Waals surface area contributed by atoms with Crippen LogP contribution in [0.3, 0.4) is 0 Å². The van der Waals surface area contributed by atoms with Crippen LogP contribution in [0.25, 0.3) is 0 Å². The molecule has 1 spiro atoms. The lowest BCUT2D eigenvalue weighted by atomic mass is 9.62. The van der Waals surface area contributed by atoms with E-state index < -0.39 is 0 Å². The van der Waals surface area contributed by atoms with Gasteiger partial charge in [0, 0.05) is 24.9 Å². The summed E-state index contributed by atoms with van der Waals surface area (Å²) < 4.78 is 5.93. The maximum absolute atomic E-state index is 5.93. The fraction of sp³-hybridized carbons (Fsp3) is 0.381. The molecule has 3 atom stereocenters. The predicted molar refractivity (Wildman–Crippen MR) is 90.1 cm³/mol. The predicted octanol–water partition coefficient (Wildman–Crippen LogP) is 4.65. The first-order valence-electron chi connectivity index (χ1n) is 8.35. The molecule has 4 aliphatic carbocycles. The van der Waals surface area contributed by atoms with Crippen molar-refractivity contribution in [2.75, 3.05) is 7.11 Å². The van der Waals surface area contributed by atoms with Crippen molar-refractivity contribution in [3.8, 4) is 0 Å². The zero-order chi connectivity index (χ0) is 15.2. The van der Waals surface area contributed by atoms with E-state index in [1.54, 1.807) is 0 Å². The maximum atomic E-state index is 5.93. The summed E-state index contributed by atoms with van der Waals surface area (Å²) in [4.78, 5) is 0. The molecule has 0 saturated carbocycles. The highest BCUT2D eigenvalue weighted by molar-refractivity contribution is 5.49. The van der Waals surface area contributed by atoms with Crippen molar-refractivity contribution in [1.82, 2.24) is 0 Å². The van der Waals surface area contributed by atoms with Crippen molar-refractivity contribution in [3.63, 3.8) is 0 Å². The van der Waals surface area contributed by atoms with Crippen LogP contribution in [-0.4, -0.2) is 13.2 Å². The van der Waals surface area contributed by atoms with Crippen LogP contribution in [0.5, 0.6) is 0 Å². The highest BCUT2D eigenvalue weighted by Crippen LogP contribution is 2.52. The van der Waals surface area contributed by atoms with Crippen molar-refractivity contribution in [2.24, 2.45) is 0 Å². The molecule has 1 heteroatoms. The molecule has 4 aliphatic rings. The molecule has 2 aromatic carbocycles. The smallest absolute Gasteiger partial charge is 0.0646 e. The molecule has 3 unspecified atom stereocenters. The molecule has 0 fully saturated rings. The molecule has 6 rings (SSSR count). The second-order valence-electron chi connectivity index (χ2n) is 6.71. The summed E-state index contributed by atoms with van der Waals surface area (Å²) in [7, 11) is 1.86. The molecule has 1 nitrogen and oxygen atoms in total. The third-order valence-electron chi connectivity index (χ3n) is 5.67. The van der Waals surface area contributed by atoms with Gasteiger partial charge >= 0.3 is 0 Å². The van der Waals surface area contributed by atoms with Gasteiger partial charge in [-0.15, -0.1) is 0 Å². The fourth-order valence-corrected chi connectivity index (χ4v) is 4.54. The summed E-state index contributed by atoms with van der Waals surface area (Å²) in [5.74, 6) is 0.386. The van der Waals surface area contributed by atoms with Crippen LogP contribution in [0.2, 0.25) is 0 Å². The third-order valence-corrected chi connectivity index (χ3v) is 5.67. The minimum absolute atomic E-state index is 0.0552. The molecule has 0 saturated heterocycles. The van der Waals surface area contributed by atoms with Gasteiger partial charge in [0.2, 0.25) is 0 Å². The van der Waals surface area contributed by atoms with Gasteiger partial charge in [-0.1, -0.05) is 55.5 Å². The lowest BCUT2D eigenvalue weighted by Crippen LogP contribution is -2.40. The molecular weight excluding hydrogens is 268 g/mol. The van der Waals surface area contributed by atoms with Gasteiger partial charge in [-0.2, -0.15) is 0 Å². The molecule has 0 aliphatic heterocycles.